The molecule has 0 spiro atoms. The van der Waals surface area contributed by atoms with Gasteiger partial charge in [-0.3, -0.25) is 0 Å². The molecule has 90 valence electrons. The SMILES string of the molecule is CCNc1ncnc2c1cnn2-c1ccncn1. The van der Waals surface area contributed by atoms with E-state index < -0.39 is 0 Å². The maximum Gasteiger partial charge on any atom is 0.170 e. The summed E-state index contributed by atoms with van der Waals surface area (Å²) in [6.45, 7) is 2.81. The fourth-order valence-electron chi connectivity index (χ4n) is 1.73. The number of aromatic nitrogens is 6. The van der Waals surface area contributed by atoms with Crippen LogP contribution in [0.2, 0.25) is 0 Å². The Kier molecular flexibility index (Phi) is 2.56. The number of fused-ring (bicyclic) bond motifs is 1. The molecule has 0 atom stereocenters. The van der Waals surface area contributed by atoms with Gasteiger partial charge in [-0.15, -0.1) is 0 Å². The third kappa shape index (κ3) is 1.65. The molecule has 7 nitrogen and oxygen atoms in total. The molecule has 3 heterocycles. The van der Waals surface area contributed by atoms with Crippen molar-refractivity contribution in [1.82, 2.24) is 29.7 Å². The summed E-state index contributed by atoms with van der Waals surface area (Å²) in [6.07, 6.45) is 6.40. The Bertz CT molecular complexity index is 661. The van der Waals surface area contributed by atoms with E-state index in [0.29, 0.717) is 5.82 Å². The van der Waals surface area contributed by atoms with Gasteiger partial charge in [0.2, 0.25) is 0 Å². The van der Waals surface area contributed by atoms with Crippen LogP contribution in [0.25, 0.3) is 16.9 Å². The molecule has 0 aliphatic heterocycles. The molecule has 0 unspecified atom stereocenters. The van der Waals surface area contributed by atoms with Crippen LogP contribution in [0.5, 0.6) is 0 Å². The molecule has 0 aliphatic rings. The summed E-state index contributed by atoms with van der Waals surface area (Å²) in [4.78, 5) is 16.5. The van der Waals surface area contributed by atoms with Crippen LogP contribution in [0, 0.1) is 0 Å². The van der Waals surface area contributed by atoms with Crippen molar-refractivity contribution in [3.05, 3.63) is 31.1 Å². The fraction of sp³-hybridized carbons (Fsp3) is 0.182. The minimum Gasteiger partial charge on any atom is -0.370 e. The van der Waals surface area contributed by atoms with Gasteiger partial charge in [0.05, 0.1) is 11.6 Å². The maximum absolute atomic E-state index is 4.29. The Hall–Kier alpha value is -2.57. The molecule has 0 aromatic carbocycles. The third-order valence-corrected chi connectivity index (χ3v) is 2.49. The Balaban J connectivity index is 2.18. The van der Waals surface area contributed by atoms with E-state index in [1.807, 2.05) is 6.92 Å². The second-order valence-electron chi connectivity index (χ2n) is 3.61. The van der Waals surface area contributed by atoms with E-state index in [4.69, 9.17) is 0 Å². The van der Waals surface area contributed by atoms with Gasteiger partial charge in [-0.2, -0.15) is 9.78 Å². The number of nitrogens with one attached hydrogen (secondary N) is 1. The van der Waals surface area contributed by atoms with Gasteiger partial charge in [-0.05, 0) is 6.92 Å². The summed E-state index contributed by atoms with van der Waals surface area (Å²) < 4.78 is 1.67. The van der Waals surface area contributed by atoms with E-state index in [9.17, 15) is 0 Å². The molecule has 7 heteroatoms. The highest BCUT2D eigenvalue weighted by Gasteiger charge is 2.10. The molecule has 0 saturated carbocycles. The molecule has 0 amide bonds. The highest BCUT2D eigenvalue weighted by Crippen LogP contribution is 2.20. The average Bonchev–Trinajstić information content (AvgIpc) is 2.85. The highest BCUT2D eigenvalue weighted by atomic mass is 15.3. The van der Waals surface area contributed by atoms with Crippen LogP contribution in [-0.4, -0.2) is 36.3 Å². The first-order chi connectivity index (χ1) is 8.90. The number of hydrogen-bond donors (Lipinski definition) is 1. The normalized spacial score (nSPS) is 10.7. The van der Waals surface area contributed by atoms with Gasteiger partial charge in [-0.25, -0.2) is 19.9 Å². The lowest BCUT2D eigenvalue weighted by atomic mass is 10.4. The van der Waals surface area contributed by atoms with E-state index in [-0.39, 0.29) is 0 Å². The molecule has 0 radical (unpaired) electrons. The Labute approximate surface area is 103 Å². The smallest absolute Gasteiger partial charge is 0.170 e. The predicted molar refractivity (Wildman–Crippen MR) is 66.4 cm³/mol. The van der Waals surface area contributed by atoms with Gasteiger partial charge < -0.3 is 5.32 Å². The number of nitrogens with zero attached hydrogens (tertiary/aromatic N) is 6. The molecule has 18 heavy (non-hydrogen) atoms. The van der Waals surface area contributed by atoms with E-state index in [0.717, 1.165) is 23.4 Å². The van der Waals surface area contributed by atoms with Crippen LogP contribution in [0.15, 0.2) is 31.1 Å². The second-order valence-corrected chi connectivity index (χ2v) is 3.61. The lowest BCUT2D eigenvalue weighted by Gasteiger charge is -2.03. The molecule has 3 aromatic heterocycles. The van der Waals surface area contributed by atoms with Gasteiger partial charge in [0.15, 0.2) is 11.5 Å². The zero-order valence-corrected chi connectivity index (χ0v) is 9.78. The van der Waals surface area contributed by atoms with Crippen molar-refractivity contribution in [1.29, 1.82) is 0 Å². The lowest BCUT2D eigenvalue weighted by Crippen LogP contribution is -2.03. The molecular weight excluding hydrogens is 230 g/mol. The van der Waals surface area contributed by atoms with E-state index in [2.05, 4.69) is 30.4 Å². The summed E-state index contributed by atoms with van der Waals surface area (Å²) >= 11 is 0. The molecule has 0 bridgehead atoms. The van der Waals surface area contributed by atoms with Crippen LogP contribution >= 0.6 is 0 Å². The van der Waals surface area contributed by atoms with Crippen molar-refractivity contribution in [2.24, 2.45) is 0 Å². The first-order valence-electron chi connectivity index (χ1n) is 5.59. The zero-order valence-electron chi connectivity index (χ0n) is 9.78. The Morgan fingerprint density at radius 2 is 2.17 bits per heavy atom. The number of rotatable bonds is 3. The van der Waals surface area contributed by atoms with Crippen molar-refractivity contribution in [2.75, 3.05) is 11.9 Å². The highest BCUT2D eigenvalue weighted by molar-refractivity contribution is 5.86. The second kappa shape index (κ2) is 4.36. The van der Waals surface area contributed by atoms with Gasteiger partial charge in [0.1, 0.15) is 18.5 Å². The summed E-state index contributed by atoms with van der Waals surface area (Å²) in [5.74, 6) is 1.46. The standard InChI is InChI=1S/C11H11N7/c1-2-13-10-8-5-17-18(11(8)16-7-15-10)9-3-4-12-6-14-9/h3-7H,2H2,1H3,(H,13,15,16). The first-order valence-corrected chi connectivity index (χ1v) is 5.59. The van der Waals surface area contributed by atoms with Crippen LogP contribution in [0.1, 0.15) is 6.92 Å². The molecule has 0 fully saturated rings. The van der Waals surface area contributed by atoms with Crippen LogP contribution in [0.3, 0.4) is 0 Å². The first kappa shape index (κ1) is 10.6. The summed E-state index contributed by atoms with van der Waals surface area (Å²) in [5, 5.41) is 8.34. The summed E-state index contributed by atoms with van der Waals surface area (Å²) in [5.41, 5.74) is 0.722. The molecule has 3 aromatic rings. The van der Waals surface area contributed by atoms with Crippen molar-refractivity contribution in [3.63, 3.8) is 0 Å². The van der Waals surface area contributed by atoms with Gasteiger partial charge >= 0.3 is 0 Å². The Morgan fingerprint density at radius 3 is 2.94 bits per heavy atom. The molecule has 1 N–H and O–H groups in total. The maximum atomic E-state index is 4.29. The zero-order chi connectivity index (χ0) is 12.4. The van der Waals surface area contributed by atoms with Crippen molar-refractivity contribution >= 4 is 16.9 Å². The predicted octanol–water partition coefficient (Wildman–Crippen LogP) is 1.04. The molecule has 0 aliphatic carbocycles. The van der Waals surface area contributed by atoms with E-state index >= 15 is 0 Å². The van der Waals surface area contributed by atoms with Crippen LogP contribution < -0.4 is 5.32 Å². The molecular formula is C11H11N7. The molecule has 0 saturated heterocycles. The van der Waals surface area contributed by atoms with Gasteiger partial charge in [-0.1, -0.05) is 0 Å². The average molecular weight is 241 g/mol. The van der Waals surface area contributed by atoms with Crippen molar-refractivity contribution in [3.8, 4) is 5.82 Å². The summed E-state index contributed by atoms with van der Waals surface area (Å²) in [7, 11) is 0. The third-order valence-electron chi connectivity index (χ3n) is 2.49. The van der Waals surface area contributed by atoms with Gasteiger partial charge in [0, 0.05) is 18.8 Å². The van der Waals surface area contributed by atoms with Crippen molar-refractivity contribution in [2.45, 2.75) is 6.92 Å². The fourth-order valence-corrected chi connectivity index (χ4v) is 1.73. The quantitative estimate of drug-likeness (QED) is 0.737. The van der Waals surface area contributed by atoms with Crippen LogP contribution in [-0.2, 0) is 0 Å². The minimum absolute atomic E-state index is 0.682. The van der Waals surface area contributed by atoms with Crippen molar-refractivity contribution < 1.29 is 0 Å². The number of anilines is 1. The van der Waals surface area contributed by atoms with E-state index in [1.54, 1.807) is 23.1 Å². The summed E-state index contributed by atoms with van der Waals surface area (Å²) in [6, 6.07) is 1.78. The van der Waals surface area contributed by atoms with Gasteiger partial charge in [0.25, 0.3) is 0 Å². The minimum atomic E-state index is 0.682. The monoisotopic (exact) mass is 241 g/mol. The largest absolute Gasteiger partial charge is 0.370 e. The topological polar surface area (TPSA) is 81.4 Å². The lowest BCUT2D eigenvalue weighted by molar-refractivity contribution is 0.853. The van der Waals surface area contributed by atoms with E-state index in [1.165, 1.54) is 12.7 Å². The molecule has 3 rings (SSSR count). The Morgan fingerprint density at radius 1 is 1.22 bits per heavy atom. The number of hydrogen-bond acceptors (Lipinski definition) is 6. The van der Waals surface area contributed by atoms with Crippen LogP contribution in [0.4, 0.5) is 5.82 Å².